The van der Waals surface area contributed by atoms with Crippen molar-refractivity contribution in [3.05, 3.63) is 26.6 Å². The van der Waals surface area contributed by atoms with Gasteiger partial charge in [-0.05, 0) is 35.1 Å². The number of rotatable bonds is 4. The number of aromatic nitrogens is 1. The van der Waals surface area contributed by atoms with E-state index in [1.807, 2.05) is 0 Å². The Labute approximate surface area is 111 Å². The smallest absolute Gasteiger partial charge is 0.358 e. The lowest BCUT2D eigenvalue weighted by Crippen LogP contribution is -2.14. The standard InChI is InChI=1S/C10H11F2IN2O2/c1-2-17-10(16)8-7(13)5(3-14)6(4-15-8)9(11)12/h4,9H,2-3,14H2,1H3. The zero-order valence-electron chi connectivity index (χ0n) is 9.04. The molecule has 0 aliphatic heterocycles. The molecular weight excluding hydrogens is 345 g/mol. The largest absolute Gasteiger partial charge is 0.461 e. The zero-order chi connectivity index (χ0) is 13.0. The van der Waals surface area contributed by atoms with E-state index in [9.17, 15) is 13.6 Å². The van der Waals surface area contributed by atoms with Gasteiger partial charge >= 0.3 is 5.97 Å². The first-order valence-electron chi connectivity index (χ1n) is 4.85. The summed E-state index contributed by atoms with van der Waals surface area (Å²) in [6.45, 7) is 1.78. The summed E-state index contributed by atoms with van der Waals surface area (Å²) in [6.07, 6.45) is -1.69. The maximum absolute atomic E-state index is 12.7. The number of pyridine rings is 1. The molecule has 2 N–H and O–H groups in total. The van der Waals surface area contributed by atoms with E-state index in [-0.39, 0.29) is 30.0 Å². The average molecular weight is 356 g/mol. The Bertz CT molecular complexity index is 427. The van der Waals surface area contributed by atoms with Gasteiger partial charge in [-0.1, -0.05) is 0 Å². The first-order valence-corrected chi connectivity index (χ1v) is 5.93. The highest BCUT2D eigenvalue weighted by molar-refractivity contribution is 14.1. The van der Waals surface area contributed by atoms with Crippen LogP contribution in [0, 0.1) is 3.57 Å². The summed E-state index contributed by atoms with van der Waals surface area (Å²) in [4.78, 5) is 15.2. The number of nitrogens with zero attached hydrogens (tertiary/aromatic N) is 1. The molecule has 0 amide bonds. The van der Waals surface area contributed by atoms with Gasteiger partial charge in [0, 0.05) is 18.3 Å². The number of hydrogen-bond acceptors (Lipinski definition) is 4. The van der Waals surface area contributed by atoms with Gasteiger partial charge in [-0.3, -0.25) is 0 Å². The zero-order valence-corrected chi connectivity index (χ0v) is 11.2. The fourth-order valence-electron chi connectivity index (χ4n) is 1.28. The maximum Gasteiger partial charge on any atom is 0.358 e. The second-order valence-electron chi connectivity index (χ2n) is 3.08. The molecule has 0 atom stereocenters. The van der Waals surface area contributed by atoms with Crippen LogP contribution in [0.4, 0.5) is 8.78 Å². The summed E-state index contributed by atoms with van der Waals surface area (Å²) in [6, 6.07) is 0. The third kappa shape index (κ3) is 3.09. The second kappa shape index (κ2) is 6.20. The Morgan fingerprint density at radius 3 is 2.76 bits per heavy atom. The molecule has 0 radical (unpaired) electrons. The summed E-state index contributed by atoms with van der Waals surface area (Å²) in [5.74, 6) is -0.632. The van der Waals surface area contributed by atoms with Crippen molar-refractivity contribution in [2.45, 2.75) is 19.9 Å². The van der Waals surface area contributed by atoms with Gasteiger partial charge in [0.1, 0.15) is 0 Å². The van der Waals surface area contributed by atoms with Crippen molar-refractivity contribution >= 4 is 28.6 Å². The highest BCUT2D eigenvalue weighted by Gasteiger charge is 2.21. The van der Waals surface area contributed by atoms with Crippen LogP contribution >= 0.6 is 22.6 Å². The van der Waals surface area contributed by atoms with Gasteiger partial charge in [-0.25, -0.2) is 18.6 Å². The number of alkyl halides is 2. The lowest BCUT2D eigenvalue weighted by Gasteiger charge is -2.11. The summed E-state index contributed by atoms with van der Waals surface area (Å²) >= 11 is 1.78. The monoisotopic (exact) mass is 356 g/mol. The molecule has 0 saturated carbocycles. The molecule has 17 heavy (non-hydrogen) atoms. The third-order valence-corrected chi connectivity index (χ3v) is 3.22. The highest BCUT2D eigenvalue weighted by Crippen LogP contribution is 2.27. The van der Waals surface area contributed by atoms with Gasteiger partial charge in [0.05, 0.1) is 10.2 Å². The first-order chi connectivity index (χ1) is 8.02. The van der Waals surface area contributed by atoms with Gasteiger partial charge in [0.15, 0.2) is 5.69 Å². The Morgan fingerprint density at radius 2 is 2.29 bits per heavy atom. The number of carbonyl (C=O) groups excluding carboxylic acids is 1. The SMILES string of the molecule is CCOC(=O)c1ncc(C(F)F)c(CN)c1I. The number of hydrogen-bond donors (Lipinski definition) is 1. The molecule has 1 aromatic heterocycles. The molecule has 0 aromatic carbocycles. The lowest BCUT2D eigenvalue weighted by molar-refractivity contribution is 0.0517. The van der Waals surface area contributed by atoms with E-state index in [4.69, 9.17) is 10.5 Å². The van der Waals surface area contributed by atoms with Crippen molar-refractivity contribution in [3.63, 3.8) is 0 Å². The molecule has 1 aromatic rings. The Morgan fingerprint density at radius 1 is 1.65 bits per heavy atom. The van der Waals surface area contributed by atoms with Gasteiger partial charge in [-0.2, -0.15) is 0 Å². The van der Waals surface area contributed by atoms with Crippen LogP contribution in [0.2, 0.25) is 0 Å². The summed E-state index contributed by atoms with van der Waals surface area (Å²) in [5.41, 5.74) is 5.43. The highest BCUT2D eigenvalue weighted by atomic mass is 127. The molecule has 0 saturated heterocycles. The topological polar surface area (TPSA) is 65.2 Å². The molecule has 0 unspecified atom stereocenters. The first kappa shape index (κ1) is 14.2. The average Bonchev–Trinajstić information content (AvgIpc) is 2.28. The quantitative estimate of drug-likeness (QED) is 0.664. The summed E-state index contributed by atoms with van der Waals surface area (Å²) in [7, 11) is 0. The van der Waals surface area contributed by atoms with E-state index in [2.05, 4.69) is 4.98 Å². The van der Waals surface area contributed by atoms with E-state index in [0.29, 0.717) is 3.57 Å². The predicted molar refractivity (Wildman–Crippen MR) is 65.8 cm³/mol. The van der Waals surface area contributed by atoms with E-state index in [0.717, 1.165) is 6.20 Å². The van der Waals surface area contributed by atoms with Gasteiger partial charge in [0.25, 0.3) is 6.43 Å². The number of carbonyl (C=O) groups is 1. The van der Waals surface area contributed by atoms with Gasteiger partial charge < -0.3 is 10.5 Å². The van der Waals surface area contributed by atoms with Crippen molar-refractivity contribution in [2.24, 2.45) is 5.73 Å². The fraction of sp³-hybridized carbons (Fsp3) is 0.400. The van der Waals surface area contributed by atoms with Crippen molar-refractivity contribution in [1.82, 2.24) is 4.98 Å². The Hall–Kier alpha value is -0.830. The van der Waals surface area contributed by atoms with Gasteiger partial charge in [-0.15, -0.1) is 0 Å². The van der Waals surface area contributed by atoms with Crippen molar-refractivity contribution in [3.8, 4) is 0 Å². The van der Waals surface area contributed by atoms with Gasteiger partial charge in [0.2, 0.25) is 0 Å². The molecule has 0 aliphatic rings. The molecule has 1 rings (SSSR count). The van der Waals surface area contributed by atoms with Crippen LogP contribution in [0.15, 0.2) is 6.20 Å². The van der Waals surface area contributed by atoms with Crippen molar-refractivity contribution < 1.29 is 18.3 Å². The molecule has 7 heteroatoms. The molecule has 0 fully saturated rings. The Balaban J connectivity index is 3.24. The van der Waals surface area contributed by atoms with E-state index < -0.39 is 12.4 Å². The van der Waals surface area contributed by atoms with Crippen molar-refractivity contribution in [2.75, 3.05) is 6.61 Å². The van der Waals surface area contributed by atoms with Crippen molar-refractivity contribution in [1.29, 1.82) is 0 Å². The lowest BCUT2D eigenvalue weighted by atomic mass is 10.1. The van der Waals surface area contributed by atoms with Crippen LogP contribution < -0.4 is 5.73 Å². The fourth-order valence-corrected chi connectivity index (χ4v) is 2.17. The molecule has 94 valence electrons. The van der Waals surface area contributed by atoms with Crippen LogP contribution in [0.1, 0.15) is 35.0 Å². The third-order valence-electron chi connectivity index (χ3n) is 2.06. The summed E-state index contributed by atoms with van der Waals surface area (Å²) in [5, 5.41) is 0. The Kier molecular flexibility index (Phi) is 5.19. The molecule has 0 spiro atoms. The van der Waals surface area contributed by atoms with Crippen LogP contribution in [-0.4, -0.2) is 17.6 Å². The minimum atomic E-state index is -2.66. The number of ether oxygens (including phenoxy) is 1. The molecular formula is C10H11F2IN2O2. The van der Waals surface area contributed by atoms with Crippen LogP contribution in [0.3, 0.4) is 0 Å². The molecule has 0 bridgehead atoms. The van der Waals surface area contributed by atoms with Crippen LogP contribution in [-0.2, 0) is 11.3 Å². The normalized spacial score (nSPS) is 10.7. The van der Waals surface area contributed by atoms with E-state index >= 15 is 0 Å². The van der Waals surface area contributed by atoms with Crippen LogP contribution in [0.5, 0.6) is 0 Å². The van der Waals surface area contributed by atoms with E-state index in [1.165, 1.54) is 0 Å². The number of halogens is 3. The minimum Gasteiger partial charge on any atom is -0.461 e. The summed E-state index contributed by atoms with van der Waals surface area (Å²) < 4.78 is 30.4. The molecule has 0 aliphatic carbocycles. The van der Waals surface area contributed by atoms with E-state index in [1.54, 1.807) is 29.5 Å². The second-order valence-corrected chi connectivity index (χ2v) is 4.16. The predicted octanol–water partition coefficient (Wildman–Crippen LogP) is 2.26. The molecule has 4 nitrogen and oxygen atoms in total. The molecule has 1 heterocycles. The maximum atomic E-state index is 12.7. The minimum absolute atomic E-state index is 0.0253. The number of nitrogens with two attached hydrogens (primary N) is 1. The van der Waals surface area contributed by atoms with Crippen LogP contribution in [0.25, 0.3) is 0 Å². The number of esters is 1.